The first-order chi connectivity index (χ1) is 8.33. The van der Waals surface area contributed by atoms with Gasteiger partial charge < -0.3 is 5.32 Å². The third kappa shape index (κ3) is 2.05. The Morgan fingerprint density at radius 1 is 1.29 bits per heavy atom. The van der Waals surface area contributed by atoms with E-state index in [4.69, 9.17) is 0 Å². The molecular formula is C12H17N5. The highest BCUT2D eigenvalue weighted by Gasteiger charge is 2.17. The van der Waals surface area contributed by atoms with Gasteiger partial charge in [0.05, 0.1) is 0 Å². The summed E-state index contributed by atoms with van der Waals surface area (Å²) in [7, 11) is 1.92. The Morgan fingerprint density at radius 2 is 2.12 bits per heavy atom. The number of anilines is 1. The van der Waals surface area contributed by atoms with Crippen LogP contribution in [0.1, 0.15) is 25.7 Å². The lowest BCUT2D eigenvalue weighted by Crippen LogP contribution is -2.17. The molecule has 0 atom stereocenters. The van der Waals surface area contributed by atoms with Crippen molar-refractivity contribution in [2.24, 2.45) is 7.05 Å². The summed E-state index contributed by atoms with van der Waals surface area (Å²) in [5.74, 6) is 1.81. The fourth-order valence-electron chi connectivity index (χ4n) is 2.38. The summed E-state index contributed by atoms with van der Waals surface area (Å²) in [5, 5.41) is 7.89. The summed E-state index contributed by atoms with van der Waals surface area (Å²) in [5.41, 5.74) is 0. The number of aromatic nitrogens is 4. The van der Waals surface area contributed by atoms with Crippen molar-refractivity contribution in [3.63, 3.8) is 0 Å². The summed E-state index contributed by atoms with van der Waals surface area (Å²) < 4.78 is 3.80. The number of aryl methyl sites for hydroxylation is 1. The zero-order valence-electron chi connectivity index (χ0n) is 10.0. The highest BCUT2D eigenvalue weighted by atomic mass is 15.3. The summed E-state index contributed by atoms with van der Waals surface area (Å²) in [6.45, 7) is 0. The maximum atomic E-state index is 4.39. The van der Waals surface area contributed by atoms with E-state index in [1.54, 1.807) is 4.68 Å². The molecule has 0 spiro atoms. The summed E-state index contributed by atoms with van der Waals surface area (Å²) in [6, 6.07) is 2.56. The quantitative estimate of drug-likeness (QED) is 0.878. The third-order valence-electron chi connectivity index (χ3n) is 3.28. The number of nitrogens with zero attached hydrogens (tertiary/aromatic N) is 4. The normalized spacial score (nSPS) is 16.5. The molecule has 1 N–H and O–H groups in total. The van der Waals surface area contributed by atoms with Crippen molar-refractivity contribution in [3.8, 4) is 5.82 Å². The van der Waals surface area contributed by atoms with Crippen LogP contribution in [0.3, 0.4) is 0 Å². The van der Waals surface area contributed by atoms with E-state index in [0.717, 1.165) is 11.8 Å². The van der Waals surface area contributed by atoms with E-state index in [-0.39, 0.29) is 0 Å². The summed E-state index contributed by atoms with van der Waals surface area (Å²) >= 11 is 0. The van der Waals surface area contributed by atoms with Gasteiger partial charge in [0, 0.05) is 37.7 Å². The molecule has 90 valence electrons. The molecule has 0 saturated heterocycles. The van der Waals surface area contributed by atoms with Crippen molar-refractivity contribution in [2.75, 3.05) is 5.32 Å². The zero-order valence-corrected chi connectivity index (χ0v) is 10.0. The minimum atomic E-state index is 0.569. The molecule has 0 unspecified atom stereocenters. The molecule has 1 aliphatic rings. The average Bonchev–Trinajstić information content (AvgIpc) is 2.99. The molecule has 0 radical (unpaired) electrons. The summed E-state index contributed by atoms with van der Waals surface area (Å²) in [4.78, 5) is 4.37. The first kappa shape index (κ1) is 10.4. The van der Waals surface area contributed by atoms with Crippen LogP contribution in [0.25, 0.3) is 5.82 Å². The minimum Gasteiger partial charge on any atom is -0.353 e. The van der Waals surface area contributed by atoms with Crippen LogP contribution in [0, 0.1) is 0 Å². The monoisotopic (exact) mass is 231 g/mol. The first-order valence-corrected chi connectivity index (χ1v) is 6.13. The Kier molecular flexibility index (Phi) is 2.59. The topological polar surface area (TPSA) is 47.7 Å². The molecule has 2 heterocycles. The van der Waals surface area contributed by atoms with E-state index in [0.29, 0.717) is 6.04 Å². The van der Waals surface area contributed by atoms with E-state index in [1.165, 1.54) is 25.7 Å². The van der Waals surface area contributed by atoms with E-state index in [2.05, 4.69) is 15.4 Å². The van der Waals surface area contributed by atoms with Gasteiger partial charge in [-0.05, 0) is 12.8 Å². The maximum Gasteiger partial charge on any atom is 0.208 e. The fourth-order valence-corrected chi connectivity index (χ4v) is 2.38. The second-order valence-electron chi connectivity index (χ2n) is 4.59. The molecule has 1 saturated carbocycles. The van der Waals surface area contributed by atoms with Crippen LogP contribution in [-0.4, -0.2) is 25.4 Å². The first-order valence-electron chi connectivity index (χ1n) is 6.13. The largest absolute Gasteiger partial charge is 0.353 e. The van der Waals surface area contributed by atoms with Crippen LogP contribution in [0.2, 0.25) is 0 Å². The molecule has 0 bridgehead atoms. The highest BCUT2D eigenvalue weighted by molar-refractivity contribution is 5.37. The van der Waals surface area contributed by atoms with Crippen molar-refractivity contribution in [3.05, 3.63) is 24.7 Å². The number of hydrogen-bond acceptors (Lipinski definition) is 3. The highest BCUT2D eigenvalue weighted by Crippen LogP contribution is 2.22. The van der Waals surface area contributed by atoms with Gasteiger partial charge in [-0.15, -0.1) is 0 Å². The number of nitrogens with one attached hydrogen (secondary N) is 1. The van der Waals surface area contributed by atoms with Gasteiger partial charge in [-0.25, -0.2) is 4.98 Å². The molecule has 2 aromatic heterocycles. The van der Waals surface area contributed by atoms with Crippen LogP contribution in [-0.2, 0) is 7.05 Å². The van der Waals surface area contributed by atoms with Gasteiger partial charge in [-0.1, -0.05) is 12.8 Å². The Hall–Kier alpha value is -1.78. The van der Waals surface area contributed by atoms with Crippen molar-refractivity contribution >= 4 is 5.95 Å². The zero-order chi connectivity index (χ0) is 11.7. The Bertz CT molecular complexity index is 492. The molecule has 5 heteroatoms. The lowest BCUT2D eigenvalue weighted by molar-refractivity contribution is 0.728. The number of hydrogen-bond donors (Lipinski definition) is 1. The lowest BCUT2D eigenvalue weighted by atomic mass is 10.2. The standard InChI is InChI=1S/C12H17N5/c1-16-8-6-11(15-16)17-9-7-13-12(17)14-10-4-2-3-5-10/h6-10H,2-5H2,1H3,(H,13,14). The molecular weight excluding hydrogens is 214 g/mol. The second-order valence-corrected chi connectivity index (χ2v) is 4.59. The van der Waals surface area contributed by atoms with Gasteiger partial charge in [-0.2, -0.15) is 5.10 Å². The molecule has 5 nitrogen and oxygen atoms in total. The minimum absolute atomic E-state index is 0.569. The maximum absolute atomic E-state index is 4.39. The average molecular weight is 231 g/mol. The fraction of sp³-hybridized carbons (Fsp3) is 0.500. The van der Waals surface area contributed by atoms with E-state index in [9.17, 15) is 0 Å². The Morgan fingerprint density at radius 3 is 2.82 bits per heavy atom. The second kappa shape index (κ2) is 4.24. The smallest absolute Gasteiger partial charge is 0.208 e. The van der Waals surface area contributed by atoms with Crippen molar-refractivity contribution in [1.82, 2.24) is 19.3 Å². The van der Waals surface area contributed by atoms with E-state index < -0.39 is 0 Å². The Balaban J connectivity index is 1.83. The van der Waals surface area contributed by atoms with Gasteiger partial charge in [-0.3, -0.25) is 9.25 Å². The van der Waals surface area contributed by atoms with Crippen LogP contribution in [0.4, 0.5) is 5.95 Å². The third-order valence-corrected chi connectivity index (χ3v) is 3.28. The van der Waals surface area contributed by atoms with Gasteiger partial charge in [0.15, 0.2) is 5.82 Å². The lowest BCUT2D eigenvalue weighted by Gasteiger charge is -2.13. The van der Waals surface area contributed by atoms with E-state index >= 15 is 0 Å². The van der Waals surface area contributed by atoms with Gasteiger partial charge in [0.1, 0.15) is 0 Å². The van der Waals surface area contributed by atoms with Crippen molar-refractivity contribution in [2.45, 2.75) is 31.7 Å². The molecule has 1 aliphatic carbocycles. The van der Waals surface area contributed by atoms with Crippen LogP contribution in [0.5, 0.6) is 0 Å². The van der Waals surface area contributed by atoms with Gasteiger partial charge >= 0.3 is 0 Å². The summed E-state index contributed by atoms with van der Waals surface area (Å²) in [6.07, 6.45) is 10.8. The number of rotatable bonds is 3. The predicted molar refractivity (Wildman–Crippen MR) is 66.2 cm³/mol. The predicted octanol–water partition coefficient (Wildman–Crippen LogP) is 1.96. The van der Waals surface area contributed by atoms with Gasteiger partial charge in [0.25, 0.3) is 0 Å². The Labute approximate surface area is 100 Å². The molecule has 0 amide bonds. The van der Waals surface area contributed by atoms with Crippen LogP contribution in [0.15, 0.2) is 24.7 Å². The van der Waals surface area contributed by atoms with Gasteiger partial charge in [0.2, 0.25) is 5.95 Å². The molecule has 2 aromatic rings. The molecule has 0 aromatic carbocycles. The molecule has 1 fully saturated rings. The van der Waals surface area contributed by atoms with Crippen molar-refractivity contribution in [1.29, 1.82) is 0 Å². The van der Waals surface area contributed by atoms with Crippen molar-refractivity contribution < 1.29 is 0 Å². The molecule has 3 rings (SSSR count). The van der Waals surface area contributed by atoms with Crippen LogP contribution >= 0.6 is 0 Å². The van der Waals surface area contributed by atoms with Crippen LogP contribution < -0.4 is 5.32 Å². The molecule has 17 heavy (non-hydrogen) atoms. The molecule has 0 aliphatic heterocycles. The van der Waals surface area contributed by atoms with E-state index in [1.807, 2.05) is 36.3 Å². The number of imidazole rings is 1. The SMILES string of the molecule is Cn1ccc(-n2ccnc2NC2CCCC2)n1.